The van der Waals surface area contributed by atoms with Crippen molar-refractivity contribution in [1.29, 1.82) is 0 Å². The van der Waals surface area contributed by atoms with Crippen LogP contribution in [-0.2, 0) is 23.8 Å². The first-order valence-corrected chi connectivity index (χ1v) is 21.1. The monoisotopic (exact) mass is 822 g/mol. The molecule has 2 unspecified atom stereocenters. The summed E-state index contributed by atoms with van der Waals surface area (Å²) in [5.74, 6) is 0.998. The van der Waals surface area contributed by atoms with Crippen LogP contribution in [-0.4, -0.2) is 130 Å². The summed E-state index contributed by atoms with van der Waals surface area (Å²) < 4.78 is 15.9. The van der Waals surface area contributed by atoms with Crippen LogP contribution >= 0.6 is 0 Å². The third-order valence-corrected chi connectivity index (χ3v) is 12.8. The van der Waals surface area contributed by atoms with Gasteiger partial charge < -0.3 is 44.4 Å². The number of carbonyl (C=O) groups excluding carboxylic acids is 3. The van der Waals surface area contributed by atoms with Gasteiger partial charge >= 0.3 is 12.2 Å². The van der Waals surface area contributed by atoms with Crippen molar-refractivity contribution in [1.82, 2.24) is 40.0 Å². The van der Waals surface area contributed by atoms with E-state index >= 15 is 0 Å². The van der Waals surface area contributed by atoms with Gasteiger partial charge in [0.25, 0.3) is 0 Å². The Morgan fingerprint density at radius 1 is 0.783 bits per heavy atom. The van der Waals surface area contributed by atoms with Gasteiger partial charge in [-0.25, -0.2) is 19.6 Å². The number of alkyl carbamates (subject to hydrolysis) is 1. The van der Waals surface area contributed by atoms with E-state index in [1.54, 1.807) is 11.1 Å². The molecule has 0 saturated carbocycles. The van der Waals surface area contributed by atoms with Gasteiger partial charge in [0.15, 0.2) is 0 Å². The summed E-state index contributed by atoms with van der Waals surface area (Å²) in [7, 11) is 2.79. The molecule has 4 aliphatic heterocycles. The highest BCUT2D eigenvalue weighted by Gasteiger charge is 2.43. The van der Waals surface area contributed by atoms with E-state index in [0.717, 1.165) is 70.0 Å². The van der Waals surface area contributed by atoms with Crippen LogP contribution in [0.2, 0.25) is 0 Å². The Morgan fingerprint density at radius 2 is 1.33 bits per heavy atom. The van der Waals surface area contributed by atoms with Crippen molar-refractivity contribution in [2.75, 3.05) is 53.7 Å². The van der Waals surface area contributed by atoms with Crippen LogP contribution in [0.25, 0.3) is 33.6 Å². The molecular formula is C44H54N8O8. The van der Waals surface area contributed by atoms with E-state index in [4.69, 9.17) is 24.2 Å². The maximum Gasteiger partial charge on any atom is 0.407 e. The van der Waals surface area contributed by atoms with Crippen molar-refractivity contribution < 1.29 is 38.5 Å². The molecule has 4 saturated heterocycles. The van der Waals surface area contributed by atoms with Crippen LogP contribution < -0.4 is 5.32 Å². The number of nitrogens with one attached hydrogen (secondary N) is 3. The normalized spacial score (nSPS) is 21.1. The van der Waals surface area contributed by atoms with E-state index in [1.165, 1.54) is 14.2 Å². The molecule has 4 aromatic rings. The van der Waals surface area contributed by atoms with Crippen LogP contribution in [0.4, 0.5) is 9.59 Å². The molecule has 4 aliphatic rings. The minimum atomic E-state index is -1.11. The fourth-order valence-corrected chi connectivity index (χ4v) is 9.41. The summed E-state index contributed by atoms with van der Waals surface area (Å²) in [6, 6.07) is 14.5. The standard InChI is InChI=1S/C44H54N8O8/c1-50(44(56)57)38(32-17-23-60-24-18-32)42(54)52-20-4-6-36(52)40-46-26-34(48-40)30-13-9-28(10-14-30)27-7-11-29(12-8-27)33-25-45-39(47-33)35-5-3-19-51(35)41(53)37(49-43(55)58-2)31-15-21-59-22-16-31/h7-14,25-26,31-32,35-38H,3-6,15-24H2,1-2H3,(H,45,47)(H,46,48)(H,49,55)(H,56,57)/t35-,36-,37?,38?/m0/s1. The molecule has 4 N–H and O–H groups in total. The Hall–Kier alpha value is -5.74. The number of aromatic amines is 2. The van der Waals surface area contributed by atoms with Gasteiger partial charge in [0.1, 0.15) is 23.7 Å². The minimum absolute atomic E-state index is 0.0316. The molecule has 8 rings (SSSR count). The highest BCUT2D eigenvalue weighted by Crippen LogP contribution is 2.37. The van der Waals surface area contributed by atoms with Crippen molar-refractivity contribution in [3.63, 3.8) is 0 Å². The number of methoxy groups -OCH3 is 1. The lowest BCUT2D eigenvalue weighted by Gasteiger charge is -2.37. The number of amides is 4. The first kappa shape index (κ1) is 41.0. The van der Waals surface area contributed by atoms with Gasteiger partial charge in [-0.3, -0.25) is 14.5 Å². The summed E-state index contributed by atoms with van der Waals surface area (Å²) in [5.41, 5.74) is 5.61. The average Bonchev–Trinajstić information content (AvgIpc) is 4.13. The number of imidazole rings is 2. The van der Waals surface area contributed by atoms with Crippen LogP contribution in [0, 0.1) is 11.8 Å². The molecule has 16 heteroatoms. The van der Waals surface area contributed by atoms with Crippen molar-refractivity contribution in [2.24, 2.45) is 11.8 Å². The number of rotatable bonds is 11. The zero-order valence-corrected chi connectivity index (χ0v) is 34.2. The summed E-state index contributed by atoms with van der Waals surface area (Å²) >= 11 is 0. The molecule has 6 heterocycles. The molecular weight excluding hydrogens is 769 g/mol. The summed E-state index contributed by atoms with van der Waals surface area (Å²) in [4.78, 5) is 73.5. The highest BCUT2D eigenvalue weighted by molar-refractivity contribution is 5.87. The predicted molar refractivity (Wildman–Crippen MR) is 220 cm³/mol. The molecule has 0 radical (unpaired) electrons. The van der Waals surface area contributed by atoms with Gasteiger partial charge in [-0.1, -0.05) is 48.5 Å². The maximum absolute atomic E-state index is 14.0. The van der Waals surface area contributed by atoms with Gasteiger partial charge in [0.05, 0.1) is 36.8 Å². The number of nitrogens with zero attached hydrogens (tertiary/aromatic N) is 5. The van der Waals surface area contributed by atoms with E-state index in [0.29, 0.717) is 71.0 Å². The second kappa shape index (κ2) is 18.3. The number of carboxylic acid groups (broad SMARTS) is 1. The molecule has 4 atom stereocenters. The Bertz CT molecular complexity index is 2130. The smallest absolute Gasteiger partial charge is 0.407 e. The van der Waals surface area contributed by atoms with Gasteiger partial charge in [-0.2, -0.15) is 0 Å². The first-order chi connectivity index (χ1) is 29.2. The number of likely N-dealkylation sites (tertiary alicyclic amines) is 2. The number of hydrogen-bond acceptors (Lipinski definition) is 9. The second-order valence-electron chi connectivity index (χ2n) is 16.2. The number of carbonyl (C=O) groups is 4. The molecule has 4 fully saturated rings. The molecule has 60 heavy (non-hydrogen) atoms. The van der Waals surface area contributed by atoms with E-state index < -0.39 is 24.3 Å². The largest absolute Gasteiger partial charge is 0.465 e. The predicted octanol–water partition coefficient (Wildman–Crippen LogP) is 6.02. The van der Waals surface area contributed by atoms with Crippen molar-refractivity contribution in [2.45, 2.75) is 75.5 Å². The topological polar surface area (TPSA) is 195 Å². The molecule has 0 bridgehead atoms. The van der Waals surface area contributed by atoms with Crippen LogP contribution in [0.3, 0.4) is 0 Å². The summed E-state index contributed by atoms with van der Waals surface area (Å²) in [6.07, 6.45) is 7.78. The highest BCUT2D eigenvalue weighted by atomic mass is 16.5. The quantitative estimate of drug-likeness (QED) is 0.139. The van der Waals surface area contributed by atoms with E-state index in [1.807, 2.05) is 23.2 Å². The lowest BCUT2D eigenvalue weighted by molar-refractivity contribution is -0.140. The summed E-state index contributed by atoms with van der Waals surface area (Å²) in [6.45, 7) is 3.29. The molecule has 2 aromatic carbocycles. The Kier molecular flexibility index (Phi) is 12.5. The van der Waals surface area contributed by atoms with E-state index in [-0.39, 0.29) is 35.7 Å². The van der Waals surface area contributed by atoms with Gasteiger partial charge in [0.2, 0.25) is 11.8 Å². The Morgan fingerprint density at radius 3 is 1.93 bits per heavy atom. The molecule has 4 amide bonds. The zero-order chi connectivity index (χ0) is 41.8. The fourth-order valence-electron chi connectivity index (χ4n) is 9.41. The lowest BCUT2D eigenvalue weighted by Crippen LogP contribution is -2.53. The van der Waals surface area contributed by atoms with Crippen LogP contribution in [0.1, 0.15) is 75.1 Å². The number of benzene rings is 2. The van der Waals surface area contributed by atoms with Gasteiger partial charge in [-0.15, -0.1) is 0 Å². The number of hydrogen-bond donors (Lipinski definition) is 4. The number of aromatic nitrogens is 4. The summed E-state index contributed by atoms with van der Waals surface area (Å²) in [5, 5.41) is 12.6. The van der Waals surface area contributed by atoms with Crippen molar-refractivity contribution in [3.8, 4) is 33.6 Å². The van der Waals surface area contributed by atoms with Gasteiger partial charge in [0, 0.05) is 58.3 Å². The zero-order valence-electron chi connectivity index (χ0n) is 34.2. The molecule has 2 aromatic heterocycles. The first-order valence-electron chi connectivity index (χ1n) is 21.1. The third kappa shape index (κ3) is 8.61. The van der Waals surface area contributed by atoms with Crippen LogP contribution in [0.15, 0.2) is 60.9 Å². The van der Waals surface area contributed by atoms with Crippen molar-refractivity contribution in [3.05, 3.63) is 72.6 Å². The number of likely N-dealkylation sites (N-methyl/N-ethyl adjacent to an activating group) is 1. The third-order valence-electron chi connectivity index (χ3n) is 12.8. The van der Waals surface area contributed by atoms with Crippen molar-refractivity contribution >= 4 is 24.0 Å². The number of ether oxygens (including phenoxy) is 3. The molecule has 0 spiro atoms. The second-order valence-corrected chi connectivity index (χ2v) is 16.2. The average molecular weight is 823 g/mol. The minimum Gasteiger partial charge on any atom is -0.465 e. The van der Waals surface area contributed by atoms with E-state index in [2.05, 4.69) is 51.7 Å². The molecule has 0 aliphatic carbocycles. The molecule has 318 valence electrons. The SMILES string of the molecule is COC(=O)NC(C(=O)N1CCC[C@H]1c1ncc(-c2ccc(-c3ccc(-c4c[nH]c([C@@H]5CCCN5C(=O)C(C5CCOCC5)N(C)C(=O)O)n4)cc3)cc2)[nH]1)C1CCOCC1. The number of H-pyrrole nitrogens is 2. The Balaban J connectivity index is 0.918. The molecule has 16 nitrogen and oxygen atoms in total. The lowest BCUT2D eigenvalue weighted by atomic mass is 9.89. The Labute approximate surface area is 349 Å². The van der Waals surface area contributed by atoms with Crippen LogP contribution in [0.5, 0.6) is 0 Å². The van der Waals surface area contributed by atoms with E-state index in [9.17, 15) is 24.3 Å². The van der Waals surface area contributed by atoms with Gasteiger partial charge in [-0.05, 0) is 79.9 Å². The maximum atomic E-state index is 14.0. The fraction of sp³-hybridized carbons (Fsp3) is 0.500.